The Morgan fingerprint density at radius 1 is 1.13 bits per heavy atom. The van der Waals surface area contributed by atoms with E-state index in [-0.39, 0.29) is 12.1 Å². The van der Waals surface area contributed by atoms with Gasteiger partial charge in [-0.1, -0.05) is 34.2 Å². The lowest BCUT2D eigenvalue weighted by atomic mass is 9.84. The van der Waals surface area contributed by atoms with E-state index in [4.69, 9.17) is 4.74 Å². The van der Waals surface area contributed by atoms with Gasteiger partial charge in [0.05, 0.1) is 0 Å². The number of hydrogen-bond donors (Lipinski definition) is 0. The van der Waals surface area contributed by atoms with Gasteiger partial charge in [0.25, 0.3) is 0 Å². The molecular formula is C12H13BrO2. The Morgan fingerprint density at radius 2 is 1.80 bits per heavy atom. The van der Waals surface area contributed by atoms with Crippen molar-refractivity contribution in [3.05, 3.63) is 24.3 Å². The van der Waals surface area contributed by atoms with Crippen LogP contribution in [0.15, 0.2) is 24.3 Å². The van der Waals surface area contributed by atoms with E-state index >= 15 is 0 Å². The second-order valence-corrected chi connectivity index (χ2v) is 5.66. The number of carbonyl (C=O) groups is 1. The molecule has 2 nitrogen and oxygen atoms in total. The summed E-state index contributed by atoms with van der Waals surface area (Å²) in [4.78, 5) is 11.5. The highest BCUT2D eigenvalue weighted by Gasteiger charge is 2.54. The number of allylic oxidation sites excluding steroid dienone is 3. The highest BCUT2D eigenvalue weighted by atomic mass is 79.9. The van der Waals surface area contributed by atoms with Gasteiger partial charge in [-0.2, -0.15) is 0 Å². The molecule has 0 aromatic carbocycles. The van der Waals surface area contributed by atoms with Crippen molar-refractivity contribution in [2.24, 2.45) is 23.7 Å². The number of esters is 1. The maximum absolute atomic E-state index is 11.0. The van der Waals surface area contributed by atoms with Gasteiger partial charge >= 0.3 is 5.97 Å². The first-order chi connectivity index (χ1) is 7.18. The maximum atomic E-state index is 11.0. The Bertz CT molecular complexity index is 361. The molecule has 3 aliphatic rings. The Labute approximate surface area is 97.5 Å². The summed E-state index contributed by atoms with van der Waals surface area (Å²) in [6, 6.07) is 0. The van der Waals surface area contributed by atoms with Crippen molar-refractivity contribution in [3.8, 4) is 0 Å². The molecular weight excluding hydrogens is 256 g/mol. The average Bonchev–Trinajstić information content (AvgIpc) is 2.79. The average molecular weight is 269 g/mol. The van der Waals surface area contributed by atoms with E-state index in [1.807, 2.05) is 0 Å². The first kappa shape index (κ1) is 9.64. The smallest absolute Gasteiger partial charge is 0.303 e. The topological polar surface area (TPSA) is 26.3 Å². The van der Waals surface area contributed by atoms with Crippen LogP contribution in [-0.2, 0) is 9.53 Å². The molecule has 0 amide bonds. The largest absolute Gasteiger partial charge is 0.458 e. The van der Waals surface area contributed by atoms with Crippen molar-refractivity contribution in [3.63, 3.8) is 0 Å². The van der Waals surface area contributed by atoms with Crippen LogP contribution >= 0.6 is 15.9 Å². The molecule has 1 saturated carbocycles. The van der Waals surface area contributed by atoms with Crippen LogP contribution in [0.1, 0.15) is 6.92 Å². The lowest BCUT2D eigenvalue weighted by Crippen LogP contribution is -2.28. The molecule has 0 spiro atoms. The van der Waals surface area contributed by atoms with Crippen molar-refractivity contribution >= 4 is 21.9 Å². The van der Waals surface area contributed by atoms with Crippen molar-refractivity contribution in [1.29, 1.82) is 0 Å². The zero-order valence-corrected chi connectivity index (χ0v) is 10.1. The Morgan fingerprint density at radius 3 is 2.53 bits per heavy atom. The predicted octanol–water partition coefficient (Wildman–Crippen LogP) is 2.30. The van der Waals surface area contributed by atoms with E-state index in [2.05, 4.69) is 40.2 Å². The van der Waals surface area contributed by atoms with E-state index in [0.717, 1.165) is 0 Å². The molecule has 3 aliphatic carbocycles. The second-order valence-electron chi connectivity index (χ2n) is 4.60. The summed E-state index contributed by atoms with van der Waals surface area (Å²) < 4.78 is 5.35. The Hall–Kier alpha value is -0.570. The molecule has 0 N–H and O–H groups in total. The molecule has 0 unspecified atom stereocenters. The van der Waals surface area contributed by atoms with Crippen LogP contribution in [-0.4, -0.2) is 16.9 Å². The summed E-state index contributed by atoms with van der Waals surface area (Å²) in [6.45, 7) is 1.48. The summed E-state index contributed by atoms with van der Waals surface area (Å²) in [5.41, 5.74) is 0. The third-order valence-electron chi connectivity index (χ3n) is 3.83. The van der Waals surface area contributed by atoms with E-state index in [1.54, 1.807) is 0 Å². The fourth-order valence-electron chi connectivity index (χ4n) is 3.29. The molecule has 0 aromatic heterocycles. The minimum Gasteiger partial charge on any atom is -0.458 e. The van der Waals surface area contributed by atoms with Gasteiger partial charge in [0.2, 0.25) is 0 Å². The number of fused-ring (bicyclic) bond motifs is 5. The van der Waals surface area contributed by atoms with Gasteiger partial charge in [0, 0.05) is 17.7 Å². The van der Waals surface area contributed by atoms with Gasteiger partial charge in [-0.05, 0) is 23.8 Å². The molecule has 15 heavy (non-hydrogen) atoms. The Balaban J connectivity index is 1.85. The van der Waals surface area contributed by atoms with Crippen molar-refractivity contribution in [2.75, 3.05) is 0 Å². The summed E-state index contributed by atoms with van der Waals surface area (Å²) >= 11 is 3.74. The Kier molecular flexibility index (Phi) is 2.06. The quantitative estimate of drug-likeness (QED) is 0.415. The van der Waals surface area contributed by atoms with Crippen LogP contribution in [0.4, 0.5) is 0 Å². The van der Waals surface area contributed by atoms with Crippen LogP contribution < -0.4 is 0 Å². The molecule has 80 valence electrons. The lowest BCUT2D eigenvalue weighted by molar-refractivity contribution is -0.146. The molecule has 0 heterocycles. The standard InChI is InChI=1S/C12H13BrO2/c1-6(14)15-10-5-4-7-8-2-3-9(11(7)10)12(8)13/h2-5,7-12H,1H3/t7-,8-,9-,10-,11+,12+/m1/s1. The molecule has 6 atom stereocenters. The lowest BCUT2D eigenvalue weighted by Gasteiger charge is -2.25. The number of rotatable bonds is 1. The van der Waals surface area contributed by atoms with Gasteiger partial charge in [0.1, 0.15) is 6.10 Å². The monoisotopic (exact) mass is 268 g/mol. The summed E-state index contributed by atoms with van der Waals surface area (Å²) in [5, 5.41) is 0. The number of halogens is 1. The maximum Gasteiger partial charge on any atom is 0.303 e. The number of hydrogen-bond acceptors (Lipinski definition) is 2. The molecule has 3 heteroatoms. The zero-order valence-electron chi connectivity index (χ0n) is 8.47. The van der Waals surface area contributed by atoms with Gasteiger partial charge in [0.15, 0.2) is 0 Å². The van der Waals surface area contributed by atoms with Crippen LogP contribution in [0.2, 0.25) is 0 Å². The van der Waals surface area contributed by atoms with Gasteiger partial charge in [-0.25, -0.2) is 0 Å². The van der Waals surface area contributed by atoms with E-state index in [1.165, 1.54) is 6.92 Å². The highest BCUT2D eigenvalue weighted by molar-refractivity contribution is 9.09. The molecule has 3 rings (SSSR count). The highest BCUT2D eigenvalue weighted by Crippen LogP contribution is 2.56. The van der Waals surface area contributed by atoms with E-state index < -0.39 is 0 Å². The third kappa shape index (κ3) is 1.25. The van der Waals surface area contributed by atoms with Gasteiger partial charge in [-0.3, -0.25) is 4.79 Å². The van der Waals surface area contributed by atoms with Crippen LogP contribution in [0.3, 0.4) is 0 Å². The van der Waals surface area contributed by atoms with Gasteiger partial charge in [-0.15, -0.1) is 0 Å². The van der Waals surface area contributed by atoms with E-state index in [9.17, 15) is 4.79 Å². The summed E-state index contributed by atoms with van der Waals surface area (Å²) in [6.07, 6.45) is 8.84. The molecule has 2 bridgehead atoms. The number of alkyl halides is 1. The predicted molar refractivity (Wildman–Crippen MR) is 60.5 cm³/mol. The normalized spacial score (nSPS) is 49.7. The van der Waals surface area contributed by atoms with E-state index in [0.29, 0.717) is 28.5 Å². The first-order valence-electron chi connectivity index (χ1n) is 5.36. The minimum atomic E-state index is -0.178. The van der Waals surface area contributed by atoms with Gasteiger partial charge < -0.3 is 4.74 Å². The van der Waals surface area contributed by atoms with Crippen LogP contribution in [0.25, 0.3) is 0 Å². The summed E-state index contributed by atoms with van der Waals surface area (Å²) in [7, 11) is 0. The van der Waals surface area contributed by atoms with Crippen LogP contribution in [0.5, 0.6) is 0 Å². The van der Waals surface area contributed by atoms with Crippen molar-refractivity contribution < 1.29 is 9.53 Å². The minimum absolute atomic E-state index is 0.00694. The first-order valence-corrected chi connectivity index (χ1v) is 6.28. The number of carbonyl (C=O) groups excluding carboxylic acids is 1. The zero-order chi connectivity index (χ0) is 10.6. The molecule has 0 radical (unpaired) electrons. The van der Waals surface area contributed by atoms with Crippen LogP contribution in [0, 0.1) is 23.7 Å². The number of ether oxygens (including phenoxy) is 1. The third-order valence-corrected chi connectivity index (χ3v) is 5.05. The molecule has 0 saturated heterocycles. The molecule has 0 aliphatic heterocycles. The molecule has 1 fully saturated rings. The van der Waals surface area contributed by atoms with Crippen molar-refractivity contribution in [2.45, 2.75) is 17.9 Å². The summed E-state index contributed by atoms with van der Waals surface area (Å²) in [5.74, 6) is 1.97. The second kappa shape index (κ2) is 3.21. The molecule has 0 aromatic rings. The van der Waals surface area contributed by atoms with Crippen molar-refractivity contribution in [1.82, 2.24) is 0 Å². The fraction of sp³-hybridized carbons (Fsp3) is 0.583. The fourth-order valence-corrected chi connectivity index (χ4v) is 4.35. The SMILES string of the molecule is CC(=O)O[C@@H]1C=C[C@@H]2[C@H]3C=C[C@@H]([C@H]3Br)[C@H]21.